The van der Waals surface area contributed by atoms with Crippen molar-refractivity contribution in [2.45, 2.75) is 22.6 Å². The van der Waals surface area contributed by atoms with Crippen LogP contribution in [0.5, 0.6) is 0 Å². The Hall–Kier alpha value is -1.02. The molecule has 1 aromatic carbocycles. The molecule has 114 valence electrons. The van der Waals surface area contributed by atoms with E-state index in [1.165, 1.54) is 11.3 Å². The number of benzene rings is 1. The van der Waals surface area contributed by atoms with Gasteiger partial charge in [-0.15, -0.1) is 23.1 Å². The zero-order chi connectivity index (χ0) is 15.3. The highest BCUT2D eigenvalue weighted by atomic mass is 32.2. The van der Waals surface area contributed by atoms with Gasteiger partial charge in [0, 0.05) is 22.0 Å². The molecule has 0 fully saturated rings. The number of hydrogen-bond donors (Lipinski definition) is 2. The molecule has 0 saturated heterocycles. The maximum atomic E-state index is 12.4. The van der Waals surface area contributed by atoms with E-state index >= 15 is 0 Å². The van der Waals surface area contributed by atoms with Crippen LogP contribution in [0, 0.1) is 0 Å². The smallest absolute Gasteiger partial charge is 0.271 e. The van der Waals surface area contributed by atoms with Crippen LogP contribution in [0.3, 0.4) is 0 Å². The quantitative estimate of drug-likeness (QED) is 0.757. The number of hydrogen-bond acceptors (Lipinski definition) is 5. The van der Waals surface area contributed by atoms with Crippen molar-refractivity contribution >= 4 is 38.8 Å². The SMILES string of the molecule is CCNCc1ccc(S(=O)(=O)Nc2cccc(SC)c2)s1. The number of thioether (sulfide) groups is 1. The summed E-state index contributed by atoms with van der Waals surface area (Å²) in [6, 6.07) is 10.9. The van der Waals surface area contributed by atoms with Crippen LogP contribution >= 0.6 is 23.1 Å². The number of nitrogens with one attached hydrogen (secondary N) is 2. The number of rotatable bonds is 7. The Balaban J connectivity index is 2.15. The molecule has 0 atom stereocenters. The van der Waals surface area contributed by atoms with Gasteiger partial charge in [0.25, 0.3) is 10.0 Å². The summed E-state index contributed by atoms with van der Waals surface area (Å²) in [7, 11) is -3.51. The maximum absolute atomic E-state index is 12.4. The van der Waals surface area contributed by atoms with Crippen LogP contribution in [-0.4, -0.2) is 21.2 Å². The summed E-state index contributed by atoms with van der Waals surface area (Å²) in [5.41, 5.74) is 0.587. The first-order chi connectivity index (χ1) is 10.0. The van der Waals surface area contributed by atoms with E-state index < -0.39 is 10.0 Å². The van der Waals surface area contributed by atoms with Gasteiger partial charge in [-0.05, 0) is 43.1 Å². The van der Waals surface area contributed by atoms with E-state index in [-0.39, 0.29) is 0 Å². The van der Waals surface area contributed by atoms with Crippen molar-refractivity contribution in [3.8, 4) is 0 Å². The number of sulfonamides is 1. The normalized spacial score (nSPS) is 11.5. The average Bonchev–Trinajstić information content (AvgIpc) is 2.94. The van der Waals surface area contributed by atoms with Gasteiger partial charge >= 0.3 is 0 Å². The summed E-state index contributed by atoms with van der Waals surface area (Å²) in [6.07, 6.45) is 1.96. The van der Waals surface area contributed by atoms with E-state index in [0.717, 1.165) is 16.3 Å². The molecule has 1 heterocycles. The second-order valence-corrected chi connectivity index (χ2v) is 8.30. The monoisotopic (exact) mass is 342 g/mol. The Morgan fingerprint density at radius 2 is 2.05 bits per heavy atom. The van der Waals surface area contributed by atoms with Crippen molar-refractivity contribution in [1.29, 1.82) is 0 Å². The molecular weight excluding hydrogens is 324 g/mol. The third kappa shape index (κ3) is 4.47. The zero-order valence-corrected chi connectivity index (χ0v) is 14.4. The lowest BCUT2D eigenvalue weighted by Gasteiger charge is -2.07. The highest BCUT2D eigenvalue weighted by Crippen LogP contribution is 2.25. The summed E-state index contributed by atoms with van der Waals surface area (Å²) >= 11 is 2.87. The van der Waals surface area contributed by atoms with Gasteiger partial charge in [0.1, 0.15) is 4.21 Å². The fraction of sp³-hybridized carbons (Fsp3) is 0.286. The molecule has 2 rings (SSSR count). The second kappa shape index (κ2) is 7.31. The molecule has 4 nitrogen and oxygen atoms in total. The summed E-state index contributed by atoms with van der Waals surface area (Å²) in [4.78, 5) is 2.03. The number of thiophene rings is 1. The van der Waals surface area contributed by atoms with Gasteiger partial charge in [-0.3, -0.25) is 4.72 Å². The van der Waals surface area contributed by atoms with Crippen molar-refractivity contribution in [3.05, 3.63) is 41.3 Å². The zero-order valence-electron chi connectivity index (χ0n) is 11.9. The minimum Gasteiger partial charge on any atom is -0.312 e. The third-order valence-corrected chi connectivity index (χ3v) is 6.46. The van der Waals surface area contributed by atoms with Gasteiger partial charge in [0.2, 0.25) is 0 Å². The van der Waals surface area contributed by atoms with Crippen molar-refractivity contribution in [1.82, 2.24) is 5.32 Å². The lowest BCUT2D eigenvalue weighted by Crippen LogP contribution is -2.11. The highest BCUT2D eigenvalue weighted by molar-refractivity contribution is 7.98. The van der Waals surface area contributed by atoms with Crippen LogP contribution in [0.15, 0.2) is 45.5 Å². The Bertz CT molecular complexity index is 696. The molecule has 1 aromatic heterocycles. The minimum atomic E-state index is -3.51. The summed E-state index contributed by atoms with van der Waals surface area (Å²) in [6.45, 7) is 3.57. The molecular formula is C14H18N2O2S3. The summed E-state index contributed by atoms with van der Waals surface area (Å²) in [5.74, 6) is 0. The molecule has 0 saturated carbocycles. The molecule has 0 aliphatic carbocycles. The van der Waals surface area contributed by atoms with E-state index in [1.807, 2.05) is 37.4 Å². The molecule has 0 bridgehead atoms. The number of anilines is 1. The molecule has 2 aromatic rings. The lowest BCUT2D eigenvalue weighted by molar-refractivity contribution is 0.603. The van der Waals surface area contributed by atoms with Crippen LogP contribution in [0.25, 0.3) is 0 Å². The first kappa shape index (κ1) is 16.4. The van der Waals surface area contributed by atoms with Crippen LogP contribution < -0.4 is 10.0 Å². The predicted octanol–water partition coefficient (Wildman–Crippen LogP) is 3.38. The summed E-state index contributed by atoms with van der Waals surface area (Å²) < 4.78 is 27.7. The van der Waals surface area contributed by atoms with E-state index in [9.17, 15) is 8.42 Å². The van der Waals surface area contributed by atoms with Gasteiger partial charge in [-0.25, -0.2) is 8.42 Å². The van der Waals surface area contributed by atoms with E-state index in [0.29, 0.717) is 16.4 Å². The van der Waals surface area contributed by atoms with Crippen molar-refractivity contribution in [3.63, 3.8) is 0 Å². The Morgan fingerprint density at radius 3 is 2.76 bits per heavy atom. The second-order valence-electron chi connectivity index (χ2n) is 4.34. The molecule has 0 aliphatic heterocycles. The largest absolute Gasteiger partial charge is 0.312 e. The fourth-order valence-corrected chi connectivity index (χ4v) is 4.57. The molecule has 0 aliphatic rings. The van der Waals surface area contributed by atoms with Gasteiger partial charge in [-0.2, -0.15) is 0 Å². The predicted molar refractivity (Wildman–Crippen MR) is 90.7 cm³/mol. The van der Waals surface area contributed by atoms with Crippen molar-refractivity contribution in [2.24, 2.45) is 0 Å². The van der Waals surface area contributed by atoms with E-state index in [1.54, 1.807) is 23.9 Å². The van der Waals surface area contributed by atoms with E-state index in [2.05, 4.69) is 10.0 Å². The first-order valence-corrected chi connectivity index (χ1v) is 10.0. The van der Waals surface area contributed by atoms with Gasteiger partial charge < -0.3 is 5.32 Å². The van der Waals surface area contributed by atoms with Crippen LogP contribution in [0.4, 0.5) is 5.69 Å². The van der Waals surface area contributed by atoms with Crippen LogP contribution in [0.1, 0.15) is 11.8 Å². The third-order valence-electron chi connectivity index (χ3n) is 2.77. The average molecular weight is 343 g/mol. The van der Waals surface area contributed by atoms with Crippen molar-refractivity contribution < 1.29 is 8.42 Å². The molecule has 0 radical (unpaired) electrons. The maximum Gasteiger partial charge on any atom is 0.271 e. The molecule has 0 unspecified atom stereocenters. The Labute approximate surface area is 134 Å². The van der Waals surface area contributed by atoms with Crippen LogP contribution in [0.2, 0.25) is 0 Å². The topological polar surface area (TPSA) is 58.2 Å². The first-order valence-electron chi connectivity index (χ1n) is 6.51. The standard InChI is InChI=1S/C14H18N2O2S3/c1-3-15-10-13-7-8-14(20-13)21(17,18)16-11-5-4-6-12(9-11)19-2/h4-9,15-16H,3,10H2,1-2H3. The lowest BCUT2D eigenvalue weighted by atomic mass is 10.3. The minimum absolute atomic E-state index is 0.338. The molecule has 0 amide bonds. The molecule has 2 N–H and O–H groups in total. The molecule has 21 heavy (non-hydrogen) atoms. The molecule has 0 spiro atoms. The fourth-order valence-electron chi connectivity index (χ4n) is 1.74. The highest BCUT2D eigenvalue weighted by Gasteiger charge is 2.17. The Kier molecular flexibility index (Phi) is 5.69. The van der Waals surface area contributed by atoms with Crippen molar-refractivity contribution in [2.75, 3.05) is 17.5 Å². The van der Waals surface area contributed by atoms with Gasteiger partial charge in [0.05, 0.1) is 0 Å². The Morgan fingerprint density at radius 1 is 1.24 bits per heavy atom. The van der Waals surface area contributed by atoms with Crippen LogP contribution in [-0.2, 0) is 16.6 Å². The molecule has 7 heteroatoms. The van der Waals surface area contributed by atoms with E-state index in [4.69, 9.17) is 0 Å². The summed E-state index contributed by atoms with van der Waals surface area (Å²) in [5, 5.41) is 3.19. The van der Waals surface area contributed by atoms with Gasteiger partial charge in [0.15, 0.2) is 0 Å². The van der Waals surface area contributed by atoms with Gasteiger partial charge in [-0.1, -0.05) is 13.0 Å².